The molecule has 3 aromatic rings. The first-order valence-corrected chi connectivity index (χ1v) is 8.86. The first kappa shape index (κ1) is 15.4. The number of aryl methyl sites for hydroxylation is 1. The molecule has 1 unspecified atom stereocenters. The lowest BCUT2D eigenvalue weighted by Gasteiger charge is -2.08. The van der Waals surface area contributed by atoms with E-state index in [2.05, 4.69) is 58.2 Å². The Morgan fingerprint density at radius 1 is 1.09 bits per heavy atom. The molecule has 0 saturated heterocycles. The number of pyridine rings is 1. The molecule has 112 valence electrons. The third-order valence-electron chi connectivity index (χ3n) is 3.52. The summed E-state index contributed by atoms with van der Waals surface area (Å²) in [6, 6.07) is 17.6. The summed E-state index contributed by atoms with van der Waals surface area (Å²) >= 11 is 5.39. The predicted molar refractivity (Wildman–Crippen MR) is 94.1 cm³/mol. The lowest BCUT2D eigenvalue weighted by molar-refractivity contribution is 0.585. The monoisotopic (exact) mass is 375 g/mol. The summed E-state index contributed by atoms with van der Waals surface area (Å²) in [5.41, 5.74) is 3.23. The van der Waals surface area contributed by atoms with Crippen LogP contribution in [0.4, 0.5) is 4.39 Å². The fourth-order valence-electron chi connectivity index (χ4n) is 2.26. The lowest BCUT2D eigenvalue weighted by atomic mass is 10.1. The smallest absolute Gasteiger partial charge is 0.213 e. The molecule has 0 amide bonds. The number of benzene rings is 1. The molecule has 0 aliphatic carbocycles. The molecule has 0 aliphatic heterocycles. The minimum absolute atomic E-state index is 0.144. The van der Waals surface area contributed by atoms with E-state index in [0.717, 1.165) is 11.3 Å². The lowest BCUT2D eigenvalue weighted by Crippen LogP contribution is -1.90. The highest BCUT2D eigenvalue weighted by molar-refractivity contribution is 9.09. The Kier molecular flexibility index (Phi) is 4.69. The molecule has 0 radical (unpaired) electrons. The van der Waals surface area contributed by atoms with Crippen molar-refractivity contribution in [3.05, 3.63) is 76.5 Å². The Bertz CT molecular complexity index is 767. The molecule has 1 atom stereocenters. The van der Waals surface area contributed by atoms with Gasteiger partial charge in [-0.2, -0.15) is 4.39 Å². The number of rotatable bonds is 4. The van der Waals surface area contributed by atoms with Crippen LogP contribution >= 0.6 is 27.3 Å². The number of thiophene rings is 1. The minimum Gasteiger partial charge on any atom is -0.219 e. The number of halogens is 2. The number of aromatic nitrogens is 1. The first-order chi connectivity index (χ1) is 10.7. The minimum atomic E-state index is -0.446. The molecule has 2 aromatic heterocycles. The molecule has 22 heavy (non-hydrogen) atoms. The van der Waals surface area contributed by atoms with E-state index < -0.39 is 5.95 Å². The van der Waals surface area contributed by atoms with E-state index in [4.69, 9.17) is 0 Å². The molecular formula is C18H15BrFNS. The molecule has 0 fully saturated rings. The van der Waals surface area contributed by atoms with Crippen molar-refractivity contribution in [3.8, 4) is 10.6 Å². The predicted octanol–water partition coefficient (Wildman–Crippen LogP) is 6.00. The average Bonchev–Trinajstić information content (AvgIpc) is 3.04. The van der Waals surface area contributed by atoms with Gasteiger partial charge in [-0.25, -0.2) is 4.98 Å². The van der Waals surface area contributed by atoms with Crippen molar-refractivity contribution in [2.75, 3.05) is 0 Å². The van der Waals surface area contributed by atoms with E-state index in [-0.39, 0.29) is 4.83 Å². The molecule has 4 heteroatoms. The molecule has 2 heterocycles. The van der Waals surface area contributed by atoms with E-state index in [1.165, 1.54) is 22.1 Å². The summed E-state index contributed by atoms with van der Waals surface area (Å²) < 4.78 is 13.2. The van der Waals surface area contributed by atoms with Gasteiger partial charge in [-0.3, -0.25) is 0 Å². The SMILES string of the molecule is CCc1ccc(C(Br)c2ccc(-c3cccc(F)n3)s2)cc1. The zero-order chi connectivity index (χ0) is 15.5. The van der Waals surface area contributed by atoms with Gasteiger partial charge in [0.2, 0.25) is 5.95 Å². The molecule has 0 N–H and O–H groups in total. The highest BCUT2D eigenvalue weighted by Crippen LogP contribution is 2.38. The van der Waals surface area contributed by atoms with Crippen molar-refractivity contribution < 1.29 is 4.39 Å². The molecule has 0 saturated carbocycles. The van der Waals surface area contributed by atoms with E-state index >= 15 is 0 Å². The molecule has 0 bridgehead atoms. The van der Waals surface area contributed by atoms with E-state index in [9.17, 15) is 4.39 Å². The summed E-state index contributed by atoms with van der Waals surface area (Å²) in [5.74, 6) is -0.446. The van der Waals surface area contributed by atoms with Crippen molar-refractivity contribution in [3.63, 3.8) is 0 Å². The van der Waals surface area contributed by atoms with Crippen LogP contribution in [0.1, 0.15) is 27.8 Å². The topological polar surface area (TPSA) is 12.9 Å². The molecular weight excluding hydrogens is 361 g/mol. The van der Waals surface area contributed by atoms with Crippen molar-refractivity contribution in [1.29, 1.82) is 0 Å². The largest absolute Gasteiger partial charge is 0.219 e. The van der Waals surface area contributed by atoms with Crippen molar-refractivity contribution in [2.24, 2.45) is 0 Å². The van der Waals surface area contributed by atoms with Gasteiger partial charge in [0.1, 0.15) is 0 Å². The van der Waals surface area contributed by atoms with Crippen LogP contribution in [0.15, 0.2) is 54.6 Å². The summed E-state index contributed by atoms with van der Waals surface area (Å²) in [6.45, 7) is 2.15. The Balaban J connectivity index is 1.86. The van der Waals surface area contributed by atoms with E-state index in [1.54, 1.807) is 17.4 Å². The van der Waals surface area contributed by atoms with Crippen molar-refractivity contribution >= 4 is 27.3 Å². The summed E-state index contributed by atoms with van der Waals surface area (Å²) in [6.07, 6.45) is 1.04. The molecule has 0 spiro atoms. The van der Waals surface area contributed by atoms with Gasteiger partial charge in [0.15, 0.2) is 0 Å². The van der Waals surface area contributed by atoms with Gasteiger partial charge in [-0.15, -0.1) is 11.3 Å². The highest BCUT2D eigenvalue weighted by Gasteiger charge is 2.14. The van der Waals surface area contributed by atoms with Crippen LogP contribution in [0, 0.1) is 5.95 Å². The average molecular weight is 376 g/mol. The highest BCUT2D eigenvalue weighted by atomic mass is 79.9. The van der Waals surface area contributed by atoms with Crippen LogP contribution in [0.25, 0.3) is 10.6 Å². The molecule has 1 nitrogen and oxygen atoms in total. The maximum atomic E-state index is 13.2. The standard InChI is InChI=1S/C18H15BrFNS/c1-2-12-6-8-13(9-7-12)18(19)16-11-10-15(22-16)14-4-3-5-17(20)21-14/h3-11,18H,2H2,1H3. The number of hydrogen-bond acceptors (Lipinski definition) is 2. The zero-order valence-corrected chi connectivity index (χ0v) is 14.5. The van der Waals surface area contributed by atoms with Crippen LogP contribution < -0.4 is 0 Å². The van der Waals surface area contributed by atoms with Crippen LogP contribution in [0.2, 0.25) is 0 Å². The fourth-order valence-corrected chi connectivity index (χ4v) is 3.98. The summed E-state index contributed by atoms with van der Waals surface area (Å²) in [5, 5.41) is 0. The van der Waals surface area contributed by atoms with Gasteiger partial charge in [0.25, 0.3) is 0 Å². The maximum Gasteiger partial charge on any atom is 0.213 e. The van der Waals surface area contributed by atoms with Gasteiger partial charge in [-0.05, 0) is 41.8 Å². The van der Waals surface area contributed by atoms with Gasteiger partial charge in [0.05, 0.1) is 15.4 Å². The fraction of sp³-hybridized carbons (Fsp3) is 0.167. The second-order valence-corrected chi connectivity index (χ2v) is 7.04. The third kappa shape index (κ3) is 3.28. The van der Waals surface area contributed by atoms with Gasteiger partial charge in [0, 0.05) is 4.88 Å². The molecule has 0 aliphatic rings. The third-order valence-corrected chi connectivity index (χ3v) is 6.02. The number of alkyl halides is 1. The van der Waals surface area contributed by atoms with Crippen LogP contribution in [0.5, 0.6) is 0 Å². The second kappa shape index (κ2) is 6.71. The Morgan fingerprint density at radius 3 is 2.55 bits per heavy atom. The Hall–Kier alpha value is -1.52. The second-order valence-electron chi connectivity index (χ2n) is 5.01. The Morgan fingerprint density at radius 2 is 1.86 bits per heavy atom. The molecule has 1 aromatic carbocycles. The zero-order valence-electron chi connectivity index (χ0n) is 12.1. The van der Waals surface area contributed by atoms with Gasteiger partial charge < -0.3 is 0 Å². The quantitative estimate of drug-likeness (QED) is 0.402. The first-order valence-electron chi connectivity index (χ1n) is 7.13. The van der Waals surface area contributed by atoms with E-state index in [0.29, 0.717) is 5.69 Å². The van der Waals surface area contributed by atoms with Crippen LogP contribution in [-0.2, 0) is 6.42 Å². The van der Waals surface area contributed by atoms with E-state index in [1.807, 2.05) is 12.1 Å². The van der Waals surface area contributed by atoms with Crippen molar-refractivity contribution in [2.45, 2.75) is 18.2 Å². The van der Waals surface area contributed by atoms with Gasteiger partial charge in [-0.1, -0.05) is 53.2 Å². The van der Waals surface area contributed by atoms with Crippen LogP contribution in [0.3, 0.4) is 0 Å². The maximum absolute atomic E-state index is 13.2. The van der Waals surface area contributed by atoms with Crippen molar-refractivity contribution in [1.82, 2.24) is 4.98 Å². The summed E-state index contributed by atoms with van der Waals surface area (Å²) in [7, 11) is 0. The number of hydrogen-bond donors (Lipinski definition) is 0. The number of nitrogens with zero attached hydrogens (tertiary/aromatic N) is 1. The Labute approximate surface area is 142 Å². The molecule has 3 rings (SSSR count). The normalized spacial score (nSPS) is 12.3. The summed E-state index contributed by atoms with van der Waals surface area (Å²) in [4.78, 5) is 6.25. The van der Waals surface area contributed by atoms with Gasteiger partial charge >= 0.3 is 0 Å². The van der Waals surface area contributed by atoms with Crippen LogP contribution in [-0.4, -0.2) is 4.98 Å².